The number of likely N-dealkylation sites (tertiary alicyclic amines) is 1. The van der Waals surface area contributed by atoms with Crippen molar-refractivity contribution < 1.29 is 14.3 Å². The number of carbonyl (C=O) groups is 1. The predicted molar refractivity (Wildman–Crippen MR) is 97.8 cm³/mol. The van der Waals surface area contributed by atoms with E-state index in [-0.39, 0.29) is 17.9 Å². The second-order valence-electron chi connectivity index (χ2n) is 6.80. The molecule has 0 aliphatic carbocycles. The van der Waals surface area contributed by atoms with Crippen LogP contribution in [-0.2, 0) is 14.3 Å². The largest absolute Gasteiger partial charge is 0.383 e. The molecule has 25 heavy (non-hydrogen) atoms. The van der Waals surface area contributed by atoms with E-state index >= 15 is 0 Å². The van der Waals surface area contributed by atoms with Crippen LogP contribution in [0, 0.1) is 5.92 Å². The quantitative estimate of drug-likeness (QED) is 0.803. The van der Waals surface area contributed by atoms with Gasteiger partial charge in [-0.15, -0.1) is 0 Å². The monoisotopic (exact) mass is 366 g/mol. The molecule has 138 valence electrons. The average molecular weight is 367 g/mol. The average Bonchev–Trinajstić information content (AvgIpc) is 2.67. The Morgan fingerprint density at radius 2 is 1.96 bits per heavy atom. The topological polar surface area (TPSA) is 42.0 Å². The van der Waals surface area contributed by atoms with Crippen molar-refractivity contribution in [2.45, 2.75) is 18.9 Å². The third kappa shape index (κ3) is 4.94. The van der Waals surface area contributed by atoms with Gasteiger partial charge in [0.1, 0.15) is 6.10 Å². The highest BCUT2D eigenvalue weighted by Gasteiger charge is 2.32. The molecule has 2 heterocycles. The van der Waals surface area contributed by atoms with Crippen molar-refractivity contribution in [3.05, 3.63) is 34.9 Å². The first-order chi connectivity index (χ1) is 12.2. The third-order valence-electron chi connectivity index (χ3n) is 5.17. The SMILES string of the molecule is COCCN1CCC(C(=O)N2CCOC(c3ccc(Cl)cc3)C2)CC1. The summed E-state index contributed by atoms with van der Waals surface area (Å²) in [6.07, 6.45) is 1.81. The number of rotatable bonds is 5. The van der Waals surface area contributed by atoms with Gasteiger partial charge >= 0.3 is 0 Å². The van der Waals surface area contributed by atoms with Gasteiger partial charge in [-0.25, -0.2) is 0 Å². The zero-order chi connectivity index (χ0) is 17.6. The summed E-state index contributed by atoms with van der Waals surface area (Å²) >= 11 is 5.96. The predicted octanol–water partition coefficient (Wildman–Crippen LogP) is 2.60. The lowest BCUT2D eigenvalue weighted by Crippen LogP contribution is -2.47. The van der Waals surface area contributed by atoms with Gasteiger partial charge in [0.25, 0.3) is 0 Å². The first kappa shape index (κ1) is 18.6. The smallest absolute Gasteiger partial charge is 0.225 e. The summed E-state index contributed by atoms with van der Waals surface area (Å²) in [5, 5.41) is 0.715. The number of halogens is 1. The highest BCUT2D eigenvalue weighted by atomic mass is 35.5. The number of piperidine rings is 1. The lowest BCUT2D eigenvalue weighted by molar-refractivity contribution is -0.145. The molecular formula is C19H27ClN2O3. The highest BCUT2D eigenvalue weighted by molar-refractivity contribution is 6.30. The summed E-state index contributed by atoms with van der Waals surface area (Å²) in [6, 6.07) is 7.71. The molecule has 2 aliphatic heterocycles. The Kier molecular flexibility index (Phi) is 6.70. The molecule has 1 unspecified atom stereocenters. The van der Waals surface area contributed by atoms with E-state index in [1.807, 2.05) is 29.2 Å². The highest BCUT2D eigenvalue weighted by Crippen LogP contribution is 2.26. The molecule has 0 radical (unpaired) electrons. The second kappa shape index (κ2) is 8.99. The normalized spacial score (nSPS) is 23.0. The lowest BCUT2D eigenvalue weighted by atomic mass is 9.94. The van der Waals surface area contributed by atoms with Crippen LogP contribution >= 0.6 is 11.6 Å². The minimum absolute atomic E-state index is 0.0586. The maximum atomic E-state index is 12.9. The Morgan fingerprint density at radius 3 is 2.64 bits per heavy atom. The number of ether oxygens (including phenoxy) is 2. The maximum absolute atomic E-state index is 12.9. The van der Waals surface area contributed by atoms with Crippen molar-refractivity contribution in [3.63, 3.8) is 0 Å². The van der Waals surface area contributed by atoms with Crippen molar-refractivity contribution in [1.29, 1.82) is 0 Å². The Hall–Kier alpha value is -1.14. The summed E-state index contributed by atoms with van der Waals surface area (Å²) in [5.74, 6) is 0.427. The Morgan fingerprint density at radius 1 is 1.24 bits per heavy atom. The standard InChI is InChI=1S/C19H27ClN2O3/c1-24-12-10-21-8-6-16(7-9-21)19(23)22-11-13-25-18(14-22)15-2-4-17(20)5-3-15/h2-5,16,18H,6-14H2,1H3. The number of amides is 1. The summed E-state index contributed by atoms with van der Waals surface area (Å²) in [4.78, 5) is 17.3. The molecule has 0 aromatic heterocycles. The van der Waals surface area contributed by atoms with Crippen LogP contribution in [0.25, 0.3) is 0 Å². The van der Waals surface area contributed by atoms with E-state index in [0.717, 1.165) is 44.6 Å². The number of methoxy groups -OCH3 is 1. The first-order valence-electron chi connectivity index (χ1n) is 9.04. The molecule has 0 bridgehead atoms. The zero-order valence-electron chi connectivity index (χ0n) is 14.8. The molecule has 2 saturated heterocycles. The van der Waals surface area contributed by atoms with Crippen LogP contribution in [0.15, 0.2) is 24.3 Å². The number of hydrogen-bond donors (Lipinski definition) is 0. The van der Waals surface area contributed by atoms with Gasteiger partial charge < -0.3 is 19.3 Å². The number of benzene rings is 1. The van der Waals surface area contributed by atoms with Crippen molar-refractivity contribution in [3.8, 4) is 0 Å². The molecule has 2 fully saturated rings. The fourth-order valence-electron chi connectivity index (χ4n) is 3.61. The fraction of sp³-hybridized carbons (Fsp3) is 0.632. The maximum Gasteiger partial charge on any atom is 0.225 e. The van der Waals surface area contributed by atoms with E-state index in [1.165, 1.54) is 0 Å². The molecule has 0 spiro atoms. The van der Waals surface area contributed by atoms with Crippen LogP contribution in [0.2, 0.25) is 5.02 Å². The summed E-state index contributed by atoms with van der Waals surface area (Å²) < 4.78 is 11.0. The molecule has 1 amide bonds. The number of nitrogens with zero attached hydrogens (tertiary/aromatic N) is 2. The van der Waals surface area contributed by atoms with Crippen molar-refractivity contribution in [1.82, 2.24) is 9.80 Å². The van der Waals surface area contributed by atoms with E-state index in [9.17, 15) is 4.79 Å². The summed E-state index contributed by atoms with van der Waals surface area (Å²) in [7, 11) is 1.73. The molecule has 0 saturated carbocycles. The first-order valence-corrected chi connectivity index (χ1v) is 9.42. The van der Waals surface area contributed by atoms with Gasteiger partial charge in [0.15, 0.2) is 0 Å². The molecule has 1 aromatic carbocycles. The van der Waals surface area contributed by atoms with E-state index < -0.39 is 0 Å². The Bertz CT molecular complexity index is 558. The van der Waals surface area contributed by atoms with Crippen LogP contribution in [0.3, 0.4) is 0 Å². The van der Waals surface area contributed by atoms with Crippen molar-refractivity contribution >= 4 is 17.5 Å². The van der Waals surface area contributed by atoms with Gasteiger partial charge in [0.05, 0.1) is 19.8 Å². The van der Waals surface area contributed by atoms with E-state index in [1.54, 1.807) is 7.11 Å². The fourth-order valence-corrected chi connectivity index (χ4v) is 3.74. The summed E-state index contributed by atoms with van der Waals surface area (Å²) in [5.41, 5.74) is 1.08. The van der Waals surface area contributed by atoms with Crippen LogP contribution < -0.4 is 0 Å². The van der Waals surface area contributed by atoms with Gasteiger partial charge in [0, 0.05) is 31.1 Å². The van der Waals surface area contributed by atoms with Gasteiger partial charge in [-0.1, -0.05) is 23.7 Å². The van der Waals surface area contributed by atoms with Crippen LogP contribution in [-0.4, -0.2) is 68.8 Å². The molecule has 2 aliphatic rings. The molecule has 0 N–H and O–H groups in total. The number of hydrogen-bond acceptors (Lipinski definition) is 4. The molecular weight excluding hydrogens is 340 g/mol. The van der Waals surface area contributed by atoms with Gasteiger partial charge in [-0.3, -0.25) is 4.79 Å². The molecule has 1 aromatic rings. The Balaban J connectivity index is 1.53. The zero-order valence-corrected chi connectivity index (χ0v) is 15.6. The molecule has 3 rings (SSSR count). The van der Waals surface area contributed by atoms with Gasteiger partial charge in [0.2, 0.25) is 5.91 Å². The third-order valence-corrected chi connectivity index (χ3v) is 5.42. The van der Waals surface area contributed by atoms with Crippen molar-refractivity contribution in [2.75, 3.05) is 53.0 Å². The summed E-state index contributed by atoms with van der Waals surface area (Å²) in [6.45, 7) is 5.57. The van der Waals surface area contributed by atoms with Crippen molar-refractivity contribution in [2.24, 2.45) is 5.92 Å². The van der Waals surface area contributed by atoms with Crippen LogP contribution in [0.5, 0.6) is 0 Å². The van der Waals surface area contributed by atoms with E-state index in [4.69, 9.17) is 21.1 Å². The lowest BCUT2D eigenvalue weighted by Gasteiger charge is -2.38. The molecule has 1 atom stereocenters. The van der Waals surface area contributed by atoms with Crippen LogP contribution in [0.1, 0.15) is 24.5 Å². The minimum atomic E-state index is -0.0586. The van der Waals surface area contributed by atoms with Gasteiger partial charge in [-0.2, -0.15) is 0 Å². The second-order valence-corrected chi connectivity index (χ2v) is 7.24. The Labute approximate surface area is 154 Å². The number of carbonyl (C=O) groups excluding carboxylic acids is 1. The molecule has 6 heteroatoms. The minimum Gasteiger partial charge on any atom is -0.383 e. The van der Waals surface area contributed by atoms with E-state index in [2.05, 4.69) is 4.90 Å². The van der Waals surface area contributed by atoms with E-state index in [0.29, 0.717) is 24.7 Å². The molecule has 5 nitrogen and oxygen atoms in total. The van der Waals surface area contributed by atoms with Crippen LogP contribution in [0.4, 0.5) is 0 Å². The number of morpholine rings is 1. The van der Waals surface area contributed by atoms with Gasteiger partial charge in [-0.05, 0) is 43.6 Å².